The van der Waals surface area contributed by atoms with Crippen molar-refractivity contribution in [2.75, 3.05) is 18.4 Å². The molecule has 0 saturated carbocycles. The fourth-order valence-electron chi connectivity index (χ4n) is 2.92. The normalized spacial score (nSPS) is 17.4. The van der Waals surface area contributed by atoms with Crippen molar-refractivity contribution in [3.05, 3.63) is 58.8 Å². The summed E-state index contributed by atoms with van der Waals surface area (Å²) in [4.78, 5) is 21.3. The van der Waals surface area contributed by atoms with Crippen LogP contribution in [0.1, 0.15) is 17.5 Å². The van der Waals surface area contributed by atoms with E-state index in [1.807, 2.05) is 6.07 Å². The Kier molecular flexibility index (Phi) is 6.33. The number of carbonyl (C=O) groups is 1. The molecule has 0 radical (unpaired) electrons. The lowest BCUT2D eigenvalue weighted by atomic mass is 10.2. The van der Waals surface area contributed by atoms with E-state index in [4.69, 9.17) is 16.8 Å². The average molecular weight is 392 g/mol. The molecule has 0 spiro atoms. The first kappa shape index (κ1) is 19.2. The van der Waals surface area contributed by atoms with Crippen LogP contribution in [0.2, 0.25) is 5.02 Å². The summed E-state index contributed by atoms with van der Waals surface area (Å²) in [6.07, 6.45) is 8.11. The number of anilines is 1. The van der Waals surface area contributed by atoms with Crippen molar-refractivity contribution in [3.63, 3.8) is 0 Å². The predicted octanol–water partition coefficient (Wildman–Crippen LogP) is 2.47. The Balaban J connectivity index is 1.57. The molecule has 3 heterocycles. The Bertz CT molecular complexity index is 848. The van der Waals surface area contributed by atoms with E-state index in [2.05, 4.69) is 20.2 Å². The molecule has 1 amide bonds. The van der Waals surface area contributed by atoms with Crippen LogP contribution in [0.15, 0.2) is 36.8 Å². The molecule has 1 fully saturated rings. The molecular formula is C18H19ClFN5O2. The third kappa shape index (κ3) is 5.22. The number of rotatable bonds is 6. The lowest BCUT2D eigenvalue weighted by Gasteiger charge is -2.18. The summed E-state index contributed by atoms with van der Waals surface area (Å²) < 4.78 is 14.3. The minimum Gasteiger partial charge on any atom is -0.364 e. The van der Waals surface area contributed by atoms with Gasteiger partial charge in [0.05, 0.1) is 5.02 Å². The molecule has 2 aromatic rings. The van der Waals surface area contributed by atoms with Crippen LogP contribution in [0, 0.1) is 5.82 Å². The lowest BCUT2D eigenvalue weighted by molar-refractivity contribution is -0.124. The number of hydrogen-bond donors (Lipinski definition) is 3. The number of pyridine rings is 2. The molecule has 3 N–H and O–H groups in total. The second-order valence-corrected chi connectivity index (χ2v) is 6.65. The van der Waals surface area contributed by atoms with E-state index in [0.717, 1.165) is 31.1 Å². The number of carbonyl (C=O) groups excluding carboxylic acids is 1. The molecule has 9 heteroatoms. The maximum atomic E-state index is 14.3. The summed E-state index contributed by atoms with van der Waals surface area (Å²) in [6, 6.07) is 3.25. The summed E-state index contributed by atoms with van der Waals surface area (Å²) in [5.41, 5.74) is 2.90. The SMILES string of the molecule is O=C(C=Cc1cnc(N[C@@H]2CCN(Cc3ccncc3Cl)C2)c(F)c1)NO. The zero-order valence-corrected chi connectivity index (χ0v) is 15.2. The van der Waals surface area contributed by atoms with Gasteiger partial charge in [0, 0.05) is 50.3 Å². The fourth-order valence-corrected chi connectivity index (χ4v) is 3.10. The van der Waals surface area contributed by atoms with Gasteiger partial charge in [0.25, 0.3) is 5.91 Å². The highest BCUT2D eigenvalue weighted by atomic mass is 35.5. The van der Waals surface area contributed by atoms with Gasteiger partial charge in [-0.25, -0.2) is 14.9 Å². The molecule has 1 aliphatic heterocycles. The van der Waals surface area contributed by atoms with Crippen molar-refractivity contribution in [1.29, 1.82) is 0 Å². The molecular weight excluding hydrogens is 373 g/mol. The van der Waals surface area contributed by atoms with Gasteiger partial charge in [-0.2, -0.15) is 0 Å². The summed E-state index contributed by atoms with van der Waals surface area (Å²) in [5, 5.41) is 12.2. The Morgan fingerprint density at radius 3 is 3.07 bits per heavy atom. The van der Waals surface area contributed by atoms with Crippen LogP contribution in [0.5, 0.6) is 0 Å². The number of hydrogen-bond acceptors (Lipinski definition) is 6. The minimum atomic E-state index is -0.696. The van der Waals surface area contributed by atoms with Gasteiger partial charge < -0.3 is 5.32 Å². The highest BCUT2D eigenvalue weighted by Crippen LogP contribution is 2.22. The van der Waals surface area contributed by atoms with Crippen molar-refractivity contribution in [1.82, 2.24) is 20.3 Å². The van der Waals surface area contributed by atoms with Crippen LogP contribution in [0.3, 0.4) is 0 Å². The van der Waals surface area contributed by atoms with Gasteiger partial charge in [0.1, 0.15) is 0 Å². The number of hydroxylamine groups is 1. The average Bonchev–Trinajstić information content (AvgIpc) is 3.10. The first-order valence-electron chi connectivity index (χ1n) is 8.40. The molecule has 0 aromatic carbocycles. The number of nitrogens with zero attached hydrogens (tertiary/aromatic N) is 3. The molecule has 3 rings (SSSR count). The van der Waals surface area contributed by atoms with E-state index in [0.29, 0.717) is 17.1 Å². The lowest BCUT2D eigenvalue weighted by Crippen LogP contribution is -2.26. The topological polar surface area (TPSA) is 90.4 Å². The van der Waals surface area contributed by atoms with Gasteiger partial charge in [-0.05, 0) is 35.8 Å². The molecule has 0 unspecified atom stereocenters. The summed E-state index contributed by atoms with van der Waals surface area (Å²) in [6.45, 7) is 2.33. The molecule has 1 saturated heterocycles. The first-order valence-corrected chi connectivity index (χ1v) is 8.78. The van der Waals surface area contributed by atoms with Gasteiger partial charge in [-0.3, -0.25) is 19.9 Å². The highest BCUT2D eigenvalue weighted by molar-refractivity contribution is 6.31. The van der Waals surface area contributed by atoms with E-state index in [1.165, 1.54) is 23.8 Å². The number of nitrogens with one attached hydrogen (secondary N) is 2. The van der Waals surface area contributed by atoms with Crippen LogP contribution < -0.4 is 10.8 Å². The molecule has 27 heavy (non-hydrogen) atoms. The Labute approximate surface area is 160 Å². The smallest absolute Gasteiger partial charge is 0.267 e. The van der Waals surface area contributed by atoms with Crippen LogP contribution in [-0.2, 0) is 11.3 Å². The number of halogens is 2. The van der Waals surface area contributed by atoms with Gasteiger partial charge >= 0.3 is 0 Å². The predicted molar refractivity (Wildman–Crippen MR) is 99.7 cm³/mol. The molecule has 1 atom stereocenters. The molecule has 1 aliphatic rings. The maximum Gasteiger partial charge on any atom is 0.267 e. The van der Waals surface area contributed by atoms with E-state index >= 15 is 0 Å². The van der Waals surface area contributed by atoms with E-state index in [1.54, 1.807) is 12.4 Å². The molecule has 7 nitrogen and oxygen atoms in total. The van der Waals surface area contributed by atoms with Crippen molar-refractivity contribution in [3.8, 4) is 0 Å². The molecule has 142 valence electrons. The maximum absolute atomic E-state index is 14.3. The quantitative estimate of drug-likeness (QED) is 0.398. The standard InChI is InChI=1S/C18H19ClFN5O2/c19-15-9-21-5-3-13(15)10-25-6-4-14(11-25)23-18-16(20)7-12(8-22-18)1-2-17(26)24-27/h1-3,5,7-9,14,27H,4,6,10-11H2,(H,22,23)(H,24,26)/t14-/m1/s1. The van der Waals surface area contributed by atoms with Gasteiger partial charge in [0.15, 0.2) is 11.6 Å². The zero-order chi connectivity index (χ0) is 19.2. The van der Waals surface area contributed by atoms with Crippen molar-refractivity contribution in [2.45, 2.75) is 19.0 Å². The highest BCUT2D eigenvalue weighted by Gasteiger charge is 2.24. The second-order valence-electron chi connectivity index (χ2n) is 6.24. The van der Waals surface area contributed by atoms with Crippen molar-refractivity contribution >= 4 is 29.4 Å². The number of aromatic nitrogens is 2. The van der Waals surface area contributed by atoms with Gasteiger partial charge in [-0.1, -0.05) is 11.6 Å². The Hall–Kier alpha value is -2.55. The van der Waals surface area contributed by atoms with E-state index in [-0.39, 0.29) is 11.9 Å². The third-order valence-corrected chi connectivity index (χ3v) is 4.60. The first-order chi connectivity index (χ1) is 13.0. The van der Waals surface area contributed by atoms with Crippen molar-refractivity contribution < 1.29 is 14.4 Å². The van der Waals surface area contributed by atoms with E-state index < -0.39 is 11.7 Å². The molecule has 2 aromatic heterocycles. The largest absolute Gasteiger partial charge is 0.364 e. The van der Waals surface area contributed by atoms with Crippen LogP contribution in [-0.4, -0.2) is 45.1 Å². The van der Waals surface area contributed by atoms with Crippen molar-refractivity contribution in [2.24, 2.45) is 0 Å². The monoisotopic (exact) mass is 391 g/mol. The second kappa shape index (κ2) is 8.90. The molecule has 0 bridgehead atoms. The van der Waals surface area contributed by atoms with Crippen LogP contribution in [0.25, 0.3) is 6.08 Å². The summed E-state index contributed by atoms with van der Waals surface area (Å²) >= 11 is 6.15. The zero-order valence-electron chi connectivity index (χ0n) is 14.4. The van der Waals surface area contributed by atoms with Gasteiger partial charge in [0.2, 0.25) is 0 Å². The Morgan fingerprint density at radius 2 is 2.33 bits per heavy atom. The van der Waals surface area contributed by atoms with E-state index in [9.17, 15) is 9.18 Å². The van der Waals surface area contributed by atoms with Crippen LogP contribution in [0.4, 0.5) is 10.2 Å². The molecule has 0 aliphatic carbocycles. The third-order valence-electron chi connectivity index (χ3n) is 4.26. The summed E-state index contributed by atoms with van der Waals surface area (Å²) in [7, 11) is 0. The Morgan fingerprint density at radius 1 is 1.48 bits per heavy atom. The van der Waals surface area contributed by atoms with Gasteiger partial charge in [-0.15, -0.1) is 0 Å². The van der Waals surface area contributed by atoms with Crippen LogP contribution >= 0.6 is 11.6 Å². The minimum absolute atomic E-state index is 0.0779. The fraction of sp³-hybridized carbons (Fsp3) is 0.278. The summed E-state index contributed by atoms with van der Waals surface area (Å²) in [5.74, 6) is -1.03. The number of amides is 1. The number of likely N-dealkylation sites (tertiary alicyclic amines) is 1.